The smallest absolute Gasteiger partial charge is 0.170 e. The van der Waals surface area contributed by atoms with Gasteiger partial charge in [-0.05, 0) is 16.3 Å². The fourth-order valence-corrected chi connectivity index (χ4v) is 3.50. The van der Waals surface area contributed by atoms with E-state index in [9.17, 15) is 0 Å². The van der Waals surface area contributed by atoms with Gasteiger partial charge in [0.15, 0.2) is 17.6 Å². The van der Waals surface area contributed by atoms with Gasteiger partial charge in [0.2, 0.25) is 0 Å². The van der Waals surface area contributed by atoms with Gasteiger partial charge in [0.1, 0.15) is 6.61 Å². The van der Waals surface area contributed by atoms with Gasteiger partial charge in [0.25, 0.3) is 0 Å². The molecule has 1 aliphatic heterocycles. The number of hydrogen-bond donors (Lipinski definition) is 0. The van der Waals surface area contributed by atoms with E-state index in [2.05, 4.69) is 48.5 Å². The SMILES string of the molecule is c1ccc([C@H]2COc3c(c4ccccc4c4ccccc34)O2)cc1. The topological polar surface area (TPSA) is 18.5 Å². The lowest BCUT2D eigenvalue weighted by Gasteiger charge is -2.29. The molecule has 4 aromatic carbocycles. The minimum absolute atomic E-state index is 0.0803. The molecule has 0 aromatic heterocycles. The molecular formula is C22H16O2. The van der Waals surface area contributed by atoms with E-state index in [1.807, 2.05) is 30.3 Å². The van der Waals surface area contributed by atoms with Gasteiger partial charge in [-0.3, -0.25) is 0 Å². The third-order valence-electron chi connectivity index (χ3n) is 4.65. The van der Waals surface area contributed by atoms with Crippen molar-refractivity contribution in [2.24, 2.45) is 0 Å². The molecule has 1 aliphatic rings. The second kappa shape index (κ2) is 5.27. The van der Waals surface area contributed by atoms with Gasteiger partial charge in [-0.25, -0.2) is 0 Å². The van der Waals surface area contributed by atoms with E-state index in [-0.39, 0.29) is 6.10 Å². The minimum atomic E-state index is -0.0803. The molecule has 2 nitrogen and oxygen atoms in total. The van der Waals surface area contributed by atoms with Crippen molar-refractivity contribution in [2.75, 3.05) is 6.61 Å². The van der Waals surface area contributed by atoms with E-state index < -0.39 is 0 Å². The van der Waals surface area contributed by atoms with Crippen molar-refractivity contribution in [3.8, 4) is 11.5 Å². The Morgan fingerprint density at radius 2 is 1.12 bits per heavy atom. The van der Waals surface area contributed by atoms with Crippen molar-refractivity contribution >= 4 is 21.5 Å². The molecule has 0 amide bonds. The van der Waals surface area contributed by atoms with Crippen LogP contribution < -0.4 is 9.47 Å². The molecule has 24 heavy (non-hydrogen) atoms. The van der Waals surface area contributed by atoms with Crippen molar-refractivity contribution in [3.63, 3.8) is 0 Å². The lowest BCUT2D eigenvalue weighted by atomic mass is 9.99. The monoisotopic (exact) mass is 312 g/mol. The molecule has 1 heterocycles. The summed E-state index contributed by atoms with van der Waals surface area (Å²) in [5.74, 6) is 1.71. The van der Waals surface area contributed by atoms with E-state index in [1.165, 1.54) is 10.8 Å². The van der Waals surface area contributed by atoms with Gasteiger partial charge in [0, 0.05) is 10.8 Å². The average Bonchev–Trinajstić information content (AvgIpc) is 2.68. The highest BCUT2D eigenvalue weighted by Crippen LogP contribution is 2.47. The zero-order chi connectivity index (χ0) is 15.9. The van der Waals surface area contributed by atoms with Gasteiger partial charge < -0.3 is 9.47 Å². The van der Waals surface area contributed by atoms with Crippen LogP contribution in [0, 0.1) is 0 Å². The number of hydrogen-bond acceptors (Lipinski definition) is 2. The van der Waals surface area contributed by atoms with Crippen molar-refractivity contribution in [2.45, 2.75) is 6.10 Å². The maximum Gasteiger partial charge on any atom is 0.170 e. The van der Waals surface area contributed by atoms with Crippen molar-refractivity contribution in [1.82, 2.24) is 0 Å². The quantitative estimate of drug-likeness (QED) is 0.432. The number of fused-ring (bicyclic) bond motifs is 6. The van der Waals surface area contributed by atoms with E-state index in [0.717, 1.165) is 27.8 Å². The van der Waals surface area contributed by atoms with E-state index in [0.29, 0.717) is 6.61 Å². The maximum absolute atomic E-state index is 6.41. The summed E-state index contributed by atoms with van der Waals surface area (Å²) < 4.78 is 12.6. The van der Waals surface area contributed by atoms with Crippen LogP contribution in [0.2, 0.25) is 0 Å². The Morgan fingerprint density at radius 1 is 0.583 bits per heavy atom. The molecule has 0 saturated carbocycles. The lowest BCUT2D eigenvalue weighted by molar-refractivity contribution is 0.0951. The normalized spacial score (nSPS) is 16.4. The third kappa shape index (κ3) is 1.96. The summed E-state index contributed by atoms with van der Waals surface area (Å²) >= 11 is 0. The first-order chi connectivity index (χ1) is 11.9. The molecule has 116 valence electrons. The number of ether oxygens (including phenoxy) is 2. The van der Waals surface area contributed by atoms with Gasteiger partial charge in [-0.1, -0.05) is 78.9 Å². The number of rotatable bonds is 1. The largest absolute Gasteiger partial charge is 0.485 e. The summed E-state index contributed by atoms with van der Waals surface area (Å²) in [5.41, 5.74) is 1.14. The first-order valence-electron chi connectivity index (χ1n) is 8.19. The van der Waals surface area contributed by atoms with Crippen LogP contribution in [0.1, 0.15) is 11.7 Å². The third-order valence-corrected chi connectivity index (χ3v) is 4.65. The fraction of sp³-hybridized carbons (Fsp3) is 0.0909. The van der Waals surface area contributed by atoms with E-state index in [1.54, 1.807) is 0 Å². The molecular weight excluding hydrogens is 296 g/mol. The predicted molar refractivity (Wildman–Crippen MR) is 96.8 cm³/mol. The Bertz CT molecular complexity index is 1040. The highest BCUT2D eigenvalue weighted by atomic mass is 16.6. The van der Waals surface area contributed by atoms with Crippen LogP contribution in [0.3, 0.4) is 0 Å². The maximum atomic E-state index is 6.41. The Hall–Kier alpha value is -3.00. The summed E-state index contributed by atoms with van der Waals surface area (Å²) in [7, 11) is 0. The lowest BCUT2D eigenvalue weighted by Crippen LogP contribution is -2.21. The van der Waals surface area contributed by atoms with Crippen LogP contribution in [-0.4, -0.2) is 6.61 Å². The first-order valence-corrected chi connectivity index (χ1v) is 8.19. The molecule has 1 atom stereocenters. The fourth-order valence-electron chi connectivity index (χ4n) is 3.50. The van der Waals surface area contributed by atoms with Gasteiger partial charge in [0.05, 0.1) is 0 Å². The molecule has 2 heteroatoms. The van der Waals surface area contributed by atoms with Gasteiger partial charge >= 0.3 is 0 Å². The highest BCUT2D eigenvalue weighted by molar-refractivity contribution is 6.13. The average molecular weight is 312 g/mol. The van der Waals surface area contributed by atoms with Crippen LogP contribution in [0.4, 0.5) is 0 Å². The predicted octanol–water partition coefficient (Wildman–Crippen LogP) is 5.51. The molecule has 0 fully saturated rings. The van der Waals surface area contributed by atoms with Crippen molar-refractivity contribution in [1.29, 1.82) is 0 Å². The summed E-state index contributed by atoms with van der Waals surface area (Å²) in [4.78, 5) is 0. The summed E-state index contributed by atoms with van der Waals surface area (Å²) in [6.07, 6.45) is -0.0803. The second-order valence-corrected chi connectivity index (χ2v) is 6.08. The molecule has 0 spiro atoms. The Balaban J connectivity index is 1.76. The van der Waals surface area contributed by atoms with E-state index in [4.69, 9.17) is 9.47 Å². The van der Waals surface area contributed by atoms with Crippen LogP contribution in [0.15, 0.2) is 78.9 Å². The number of benzene rings is 4. The minimum Gasteiger partial charge on any atom is -0.485 e. The molecule has 4 aromatic rings. The van der Waals surface area contributed by atoms with Crippen LogP contribution in [0.25, 0.3) is 21.5 Å². The highest BCUT2D eigenvalue weighted by Gasteiger charge is 2.26. The first kappa shape index (κ1) is 13.4. The summed E-state index contributed by atoms with van der Waals surface area (Å²) in [5, 5.41) is 4.61. The van der Waals surface area contributed by atoms with Gasteiger partial charge in [-0.15, -0.1) is 0 Å². The molecule has 0 unspecified atom stereocenters. The molecule has 0 saturated heterocycles. The Labute approximate surface area is 140 Å². The zero-order valence-corrected chi connectivity index (χ0v) is 13.1. The van der Waals surface area contributed by atoms with Crippen LogP contribution in [0.5, 0.6) is 11.5 Å². The zero-order valence-electron chi connectivity index (χ0n) is 13.1. The Kier molecular flexibility index (Phi) is 2.95. The molecule has 0 radical (unpaired) electrons. The standard InChI is InChI=1S/C22H16O2/c1-2-8-15(9-3-1)20-14-23-21-18-12-6-4-10-16(18)17-11-5-7-13-19(17)22(21)24-20/h1-13,20H,14H2/t20-/m1/s1. The summed E-state index contributed by atoms with van der Waals surface area (Å²) in [6, 6.07) is 27.0. The van der Waals surface area contributed by atoms with Crippen LogP contribution >= 0.6 is 0 Å². The Morgan fingerprint density at radius 3 is 1.79 bits per heavy atom. The second-order valence-electron chi connectivity index (χ2n) is 6.08. The molecule has 5 rings (SSSR count). The van der Waals surface area contributed by atoms with Gasteiger partial charge in [-0.2, -0.15) is 0 Å². The molecule has 0 N–H and O–H groups in total. The summed E-state index contributed by atoms with van der Waals surface area (Å²) in [6.45, 7) is 0.527. The molecule has 0 aliphatic carbocycles. The van der Waals surface area contributed by atoms with Crippen molar-refractivity contribution in [3.05, 3.63) is 84.4 Å². The molecule has 0 bridgehead atoms. The van der Waals surface area contributed by atoms with Crippen molar-refractivity contribution < 1.29 is 9.47 Å². The van der Waals surface area contributed by atoms with Crippen LogP contribution in [-0.2, 0) is 0 Å². The van der Waals surface area contributed by atoms with E-state index >= 15 is 0 Å².